The standard InChI is InChI=1S/C9H16N2O/c1-6-9(3,4)10-8(12)11(5)7-2/h1H,7H2,2-5H3,(H,10,12). The number of nitrogens with one attached hydrogen (secondary N) is 1. The minimum atomic E-state index is -0.569. The van der Waals surface area contributed by atoms with Gasteiger partial charge in [0.15, 0.2) is 0 Å². The Morgan fingerprint density at radius 2 is 2.17 bits per heavy atom. The Morgan fingerprint density at radius 1 is 1.67 bits per heavy atom. The monoisotopic (exact) mass is 168 g/mol. The first-order valence-corrected chi connectivity index (χ1v) is 3.94. The summed E-state index contributed by atoms with van der Waals surface area (Å²) in [5.74, 6) is 2.49. The van der Waals surface area contributed by atoms with E-state index in [-0.39, 0.29) is 6.03 Å². The summed E-state index contributed by atoms with van der Waals surface area (Å²) in [4.78, 5) is 12.8. The van der Waals surface area contributed by atoms with Gasteiger partial charge in [-0.25, -0.2) is 4.79 Å². The number of nitrogens with zero attached hydrogens (tertiary/aromatic N) is 1. The number of carbonyl (C=O) groups excluding carboxylic acids is 1. The predicted molar refractivity (Wildman–Crippen MR) is 49.7 cm³/mol. The molecule has 0 aliphatic heterocycles. The Labute approximate surface area is 74.1 Å². The number of rotatable bonds is 2. The van der Waals surface area contributed by atoms with Crippen LogP contribution in [0.15, 0.2) is 0 Å². The SMILES string of the molecule is C#CC(C)(C)NC(=O)N(C)CC. The summed E-state index contributed by atoms with van der Waals surface area (Å²) in [6, 6.07) is -0.138. The van der Waals surface area contributed by atoms with Crippen LogP contribution in [-0.2, 0) is 0 Å². The zero-order valence-corrected chi connectivity index (χ0v) is 8.14. The molecule has 0 heterocycles. The molecule has 0 rings (SSSR count). The number of urea groups is 1. The van der Waals surface area contributed by atoms with Gasteiger partial charge in [-0.1, -0.05) is 5.92 Å². The summed E-state index contributed by atoms with van der Waals surface area (Å²) in [5, 5.41) is 2.71. The van der Waals surface area contributed by atoms with Gasteiger partial charge < -0.3 is 10.2 Å². The highest BCUT2D eigenvalue weighted by Crippen LogP contribution is 1.99. The van der Waals surface area contributed by atoms with Crippen LogP contribution in [0, 0.1) is 12.3 Å². The Balaban J connectivity index is 4.12. The number of carbonyl (C=O) groups is 1. The van der Waals surface area contributed by atoms with Gasteiger partial charge >= 0.3 is 6.03 Å². The molecule has 0 aromatic carbocycles. The van der Waals surface area contributed by atoms with Gasteiger partial charge in [0, 0.05) is 13.6 Å². The zero-order chi connectivity index (χ0) is 9.78. The molecule has 2 amide bonds. The van der Waals surface area contributed by atoms with Gasteiger partial charge in [0.05, 0.1) is 5.54 Å². The average molecular weight is 168 g/mol. The molecule has 0 aromatic rings. The van der Waals surface area contributed by atoms with Crippen molar-refractivity contribution >= 4 is 6.03 Å². The lowest BCUT2D eigenvalue weighted by Gasteiger charge is -2.23. The Kier molecular flexibility index (Phi) is 3.62. The van der Waals surface area contributed by atoms with E-state index in [0.29, 0.717) is 6.54 Å². The molecule has 0 spiro atoms. The Bertz CT molecular complexity index is 203. The van der Waals surface area contributed by atoms with E-state index in [4.69, 9.17) is 6.42 Å². The van der Waals surface area contributed by atoms with E-state index < -0.39 is 5.54 Å². The summed E-state index contributed by atoms with van der Waals surface area (Å²) in [7, 11) is 1.72. The van der Waals surface area contributed by atoms with Crippen molar-refractivity contribution in [3.05, 3.63) is 0 Å². The van der Waals surface area contributed by atoms with E-state index >= 15 is 0 Å². The van der Waals surface area contributed by atoms with Gasteiger partial charge in [0.25, 0.3) is 0 Å². The fraction of sp³-hybridized carbons (Fsp3) is 0.667. The molecule has 0 radical (unpaired) electrons. The normalized spacial score (nSPS) is 10.2. The molecule has 0 aromatic heterocycles. The van der Waals surface area contributed by atoms with Crippen molar-refractivity contribution in [1.82, 2.24) is 10.2 Å². The second kappa shape index (κ2) is 4.01. The maximum absolute atomic E-state index is 11.3. The highest BCUT2D eigenvalue weighted by atomic mass is 16.2. The predicted octanol–water partition coefficient (Wildman–Crippen LogP) is 1.06. The third-order valence-electron chi connectivity index (χ3n) is 1.60. The molecule has 0 fully saturated rings. The summed E-state index contributed by atoms with van der Waals surface area (Å²) in [6.45, 7) is 6.15. The average Bonchev–Trinajstić information content (AvgIpc) is 2.02. The van der Waals surface area contributed by atoms with Crippen molar-refractivity contribution in [2.24, 2.45) is 0 Å². The van der Waals surface area contributed by atoms with Crippen LogP contribution in [0.1, 0.15) is 20.8 Å². The molecular formula is C9H16N2O. The molecule has 68 valence electrons. The van der Waals surface area contributed by atoms with E-state index in [1.807, 2.05) is 6.92 Å². The molecule has 0 saturated carbocycles. The third-order valence-corrected chi connectivity index (χ3v) is 1.60. The molecule has 0 saturated heterocycles. The molecule has 0 bridgehead atoms. The highest BCUT2D eigenvalue weighted by Gasteiger charge is 2.18. The maximum atomic E-state index is 11.3. The van der Waals surface area contributed by atoms with E-state index in [9.17, 15) is 4.79 Å². The van der Waals surface area contributed by atoms with Crippen LogP contribution in [-0.4, -0.2) is 30.1 Å². The van der Waals surface area contributed by atoms with Gasteiger partial charge in [0.2, 0.25) is 0 Å². The summed E-state index contributed by atoms with van der Waals surface area (Å²) in [5.41, 5.74) is -0.569. The zero-order valence-electron chi connectivity index (χ0n) is 8.14. The van der Waals surface area contributed by atoms with Gasteiger partial charge in [0.1, 0.15) is 0 Å². The fourth-order valence-electron chi connectivity index (χ4n) is 0.542. The molecule has 0 aliphatic rings. The molecule has 0 aliphatic carbocycles. The van der Waals surface area contributed by atoms with Crippen molar-refractivity contribution in [1.29, 1.82) is 0 Å². The van der Waals surface area contributed by atoms with Crippen LogP contribution in [0.2, 0.25) is 0 Å². The summed E-state index contributed by atoms with van der Waals surface area (Å²) >= 11 is 0. The van der Waals surface area contributed by atoms with E-state index in [0.717, 1.165) is 0 Å². The number of hydrogen-bond donors (Lipinski definition) is 1. The van der Waals surface area contributed by atoms with E-state index in [1.54, 1.807) is 25.8 Å². The third kappa shape index (κ3) is 3.29. The molecular weight excluding hydrogens is 152 g/mol. The number of amides is 2. The lowest BCUT2D eigenvalue weighted by atomic mass is 10.1. The van der Waals surface area contributed by atoms with Crippen LogP contribution in [0.4, 0.5) is 4.79 Å². The van der Waals surface area contributed by atoms with Crippen LogP contribution in [0.25, 0.3) is 0 Å². The van der Waals surface area contributed by atoms with Crippen molar-refractivity contribution in [2.75, 3.05) is 13.6 Å². The van der Waals surface area contributed by atoms with Crippen LogP contribution >= 0.6 is 0 Å². The minimum Gasteiger partial charge on any atom is -0.328 e. The largest absolute Gasteiger partial charge is 0.328 e. The van der Waals surface area contributed by atoms with Crippen LogP contribution in [0.3, 0.4) is 0 Å². The summed E-state index contributed by atoms with van der Waals surface area (Å²) < 4.78 is 0. The molecule has 0 unspecified atom stereocenters. The van der Waals surface area contributed by atoms with Crippen molar-refractivity contribution in [2.45, 2.75) is 26.3 Å². The van der Waals surface area contributed by atoms with E-state index in [1.165, 1.54) is 0 Å². The van der Waals surface area contributed by atoms with Gasteiger partial charge in [-0.15, -0.1) is 6.42 Å². The topological polar surface area (TPSA) is 32.3 Å². The Morgan fingerprint density at radius 3 is 2.50 bits per heavy atom. The second-order valence-electron chi connectivity index (χ2n) is 3.21. The first-order chi connectivity index (χ1) is 5.43. The van der Waals surface area contributed by atoms with Gasteiger partial charge in [-0.05, 0) is 20.8 Å². The molecule has 3 nitrogen and oxygen atoms in total. The molecule has 3 heteroatoms. The lowest BCUT2D eigenvalue weighted by molar-refractivity contribution is 0.205. The maximum Gasteiger partial charge on any atom is 0.318 e. The Hall–Kier alpha value is -1.17. The molecule has 1 N–H and O–H groups in total. The minimum absolute atomic E-state index is 0.138. The van der Waals surface area contributed by atoms with Crippen molar-refractivity contribution in [3.63, 3.8) is 0 Å². The van der Waals surface area contributed by atoms with Gasteiger partial charge in [-0.3, -0.25) is 0 Å². The smallest absolute Gasteiger partial charge is 0.318 e. The van der Waals surface area contributed by atoms with Crippen LogP contribution in [0.5, 0.6) is 0 Å². The van der Waals surface area contributed by atoms with E-state index in [2.05, 4.69) is 11.2 Å². The quantitative estimate of drug-likeness (QED) is 0.614. The first kappa shape index (κ1) is 10.8. The van der Waals surface area contributed by atoms with Gasteiger partial charge in [-0.2, -0.15) is 0 Å². The lowest BCUT2D eigenvalue weighted by Crippen LogP contribution is -2.48. The van der Waals surface area contributed by atoms with Crippen LogP contribution < -0.4 is 5.32 Å². The summed E-state index contributed by atoms with van der Waals surface area (Å²) in [6.07, 6.45) is 5.21. The number of terminal acetylenes is 1. The first-order valence-electron chi connectivity index (χ1n) is 3.94. The molecule has 12 heavy (non-hydrogen) atoms. The second-order valence-corrected chi connectivity index (χ2v) is 3.21. The van der Waals surface area contributed by atoms with Crippen molar-refractivity contribution < 1.29 is 4.79 Å². The number of hydrogen-bond acceptors (Lipinski definition) is 1. The molecule has 0 atom stereocenters. The fourth-order valence-corrected chi connectivity index (χ4v) is 0.542. The van der Waals surface area contributed by atoms with Crippen molar-refractivity contribution in [3.8, 4) is 12.3 Å². The highest BCUT2D eigenvalue weighted by molar-refractivity contribution is 5.75.